The van der Waals surface area contributed by atoms with Gasteiger partial charge in [0.1, 0.15) is 11.1 Å². The van der Waals surface area contributed by atoms with Crippen LogP contribution in [0.25, 0.3) is 11.3 Å². The van der Waals surface area contributed by atoms with Crippen LogP contribution in [-0.4, -0.2) is 4.98 Å². The Labute approximate surface area is 140 Å². The zero-order valence-electron chi connectivity index (χ0n) is 12.9. The molecule has 0 fully saturated rings. The van der Waals surface area contributed by atoms with E-state index in [-0.39, 0.29) is 0 Å². The zero-order valence-corrected chi connectivity index (χ0v) is 13.7. The standard InChI is InChI=1S/C20H16N2S/c1-15-12-19(17-10-6-3-7-11-17)22-20(18(15)13-21)23-14-16-8-4-2-5-9-16/h2-12H,14H2,1H3. The first-order valence-electron chi connectivity index (χ1n) is 7.42. The molecule has 0 radical (unpaired) electrons. The highest BCUT2D eigenvalue weighted by Gasteiger charge is 2.11. The van der Waals surface area contributed by atoms with Gasteiger partial charge in [0, 0.05) is 11.3 Å². The van der Waals surface area contributed by atoms with Crippen molar-refractivity contribution in [1.29, 1.82) is 5.26 Å². The van der Waals surface area contributed by atoms with E-state index < -0.39 is 0 Å². The first-order valence-corrected chi connectivity index (χ1v) is 8.40. The average Bonchev–Trinajstić information content (AvgIpc) is 2.61. The summed E-state index contributed by atoms with van der Waals surface area (Å²) in [5.41, 5.74) is 4.85. The number of nitrogens with zero attached hydrogens (tertiary/aromatic N) is 2. The molecule has 23 heavy (non-hydrogen) atoms. The fraction of sp³-hybridized carbons (Fsp3) is 0.100. The van der Waals surface area contributed by atoms with Crippen molar-refractivity contribution in [2.75, 3.05) is 0 Å². The maximum absolute atomic E-state index is 9.45. The molecule has 0 N–H and O–H groups in total. The minimum Gasteiger partial charge on any atom is -0.240 e. The Balaban J connectivity index is 1.94. The van der Waals surface area contributed by atoms with Crippen LogP contribution in [0.2, 0.25) is 0 Å². The second-order valence-electron chi connectivity index (χ2n) is 5.26. The van der Waals surface area contributed by atoms with Gasteiger partial charge in [-0.05, 0) is 24.1 Å². The van der Waals surface area contributed by atoms with Crippen LogP contribution in [0.5, 0.6) is 0 Å². The van der Waals surface area contributed by atoms with Gasteiger partial charge in [0.2, 0.25) is 0 Å². The lowest BCUT2D eigenvalue weighted by atomic mass is 10.1. The molecule has 3 heteroatoms. The molecular formula is C20H16N2S. The molecule has 0 saturated carbocycles. The van der Waals surface area contributed by atoms with E-state index in [2.05, 4.69) is 18.2 Å². The van der Waals surface area contributed by atoms with Crippen molar-refractivity contribution in [3.8, 4) is 17.3 Å². The van der Waals surface area contributed by atoms with E-state index in [4.69, 9.17) is 4.98 Å². The van der Waals surface area contributed by atoms with E-state index in [1.165, 1.54) is 5.56 Å². The maximum atomic E-state index is 9.45. The largest absolute Gasteiger partial charge is 0.240 e. The highest BCUT2D eigenvalue weighted by atomic mass is 32.2. The number of benzene rings is 2. The van der Waals surface area contributed by atoms with Crippen molar-refractivity contribution in [2.24, 2.45) is 0 Å². The molecule has 0 saturated heterocycles. The van der Waals surface area contributed by atoms with Crippen LogP contribution >= 0.6 is 11.8 Å². The molecule has 1 aromatic heterocycles. The molecule has 0 bridgehead atoms. The van der Waals surface area contributed by atoms with Crippen molar-refractivity contribution in [1.82, 2.24) is 4.98 Å². The third kappa shape index (κ3) is 3.61. The van der Waals surface area contributed by atoms with E-state index in [1.54, 1.807) is 11.8 Å². The summed E-state index contributed by atoms with van der Waals surface area (Å²) >= 11 is 1.61. The van der Waals surface area contributed by atoms with Crippen LogP contribution in [0.4, 0.5) is 0 Å². The number of aryl methyl sites for hydroxylation is 1. The van der Waals surface area contributed by atoms with Crippen LogP contribution in [0, 0.1) is 18.3 Å². The second-order valence-corrected chi connectivity index (χ2v) is 6.22. The third-order valence-corrected chi connectivity index (χ3v) is 4.63. The van der Waals surface area contributed by atoms with Crippen LogP contribution < -0.4 is 0 Å². The first-order chi connectivity index (χ1) is 11.3. The summed E-state index contributed by atoms with van der Waals surface area (Å²) in [6.45, 7) is 1.97. The molecule has 3 rings (SSSR count). The number of hydrogen-bond acceptors (Lipinski definition) is 3. The predicted octanol–water partition coefficient (Wildman–Crippen LogP) is 5.22. The van der Waals surface area contributed by atoms with Gasteiger partial charge in [-0.3, -0.25) is 0 Å². The quantitative estimate of drug-likeness (QED) is 0.619. The number of thioether (sulfide) groups is 1. The molecule has 0 amide bonds. The molecule has 0 aliphatic heterocycles. The molecule has 112 valence electrons. The van der Waals surface area contributed by atoms with Crippen LogP contribution in [0.1, 0.15) is 16.7 Å². The molecule has 1 heterocycles. The van der Waals surface area contributed by atoms with Crippen molar-refractivity contribution >= 4 is 11.8 Å². The van der Waals surface area contributed by atoms with Gasteiger partial charge in [0.05, 0.1) is 11.3 Å². The molecule has 2 nitrogen and oxygen atoms in total. The fourth-order valence-corrected chi connectivity index (χ4v) is 3.38. The summed E-state index contributed by atoms with van der Waals surface area (Å²) in [5.74, 6) is 0.806. The number of nitriles is 1. The number of pyridine rings is 1. The smallest absolute Gasteiger partial charge is 0.115 e. The van der Waals surface area contributed by atoms with Crippen molar-refractivity contribution < 1.29 is 0 Å². The Kier molecular flexibility index (Phi) is 4.75. The minimum atomic E-state index is 0.672. The highest BCUT2D eigenvalue weighted by molar-refractivity contribution is 7.98. The van der Waals surface area contributed by atoms with Gasteiger partial charge in [0.15, 0.2) is 0 Å². The monoisotopic (exact) mass is 316 g/mol. The van der Waals surface area contributed by atoms with Gasteiger partial charge >= 0.3 is 0 Å². The topological polar surface area (TPSA) is 36.7 Å². The Morgan fingerprint density at radius 2 is 1.65 bits per heavy atom. The highest BCUT2D eigenvalue weighted by Crippen LogP contribution is 2.29. The SMILES string of the molecule is Cc1cc(-c2ccccc2)nc(SCc2ccccc2)c1C#N. The van der Waals surface area contributed by atoms with Crippen LogP contribution in [-0.2, 0) is 5.75 Å². The molecule has 0 aliphatic rings. The Hall–Kier alpha value is -2.57. The van der Waals surface area contributed by atoms with Gasteiger partial charge < -0.3 is 0 Å². The van der Waals surface area contributed by atoms with E-state index in [9.17, 15) is 5.26 Å². The second kappa shape index (κ2) is 7.13. The lowest BCUT2D eigenvalue weighted by Gasteiger charge is -2.09. The van der Waals surface area contributed by atoms with Crippen molar-refractivity contribution in [2.45, 2.75) is 17.7 Å². The number of hydrogen-bond donors (Lipinski definition) is 0. The van der Waals surface area contributed by atoms with E-state index in [0.717, 1.165) is 27.6 Å². The summed E-state index contributed by atoms with van der Waals surface area (Å²) < 4.78 is 0. The molecule has 0 spiro atoms. The van der Waals surface area contributed by atoms with Crippen molar-refractivity contribution in [3.05, 3.63) is 83.4 Å². The average molecular weight is 316 g/mol. The van der Waals surface area contributed by atoms with Crippen molar-refractivity contribution in [3.63, 3.8) is 0 Å². The Morgan fingerprint density at radius 1 is 1.00 bits per heavy atom. The van der Waals surface area contributed by atoms with E-state index in [0.29, 0.717) is 5.56 Å². The molecular weight excluding hydrogens is 300 g/mol. The van der Waals surface area contributed by atoms with Gasteiger partial charge in [-0.2, -0.15) is 5.26 Å². The predicted molar refractivity (Wildman–Crippen MR) is 95.1 cm³/mol. The maximum Gasteiger partial charge on any atom is 0.115 e. The van der Waals surface area contributed by atoms with Gasteiger partial charge in [-0.15, -0.1) is 11.8 Å². The summed E-state index contributed by atoms with van der Waals surface area (Å²) in [7, 11) is 0. The van der Waals surface area contributed by atoms with Gasteiger partial charge in [-0.1, -0.05) is 60.7 Å². The zero-order chi connectivity index (χ0) is 16.1. The molecule has 3 aromatic rings. The Bertz CT molecular complexity index is 837. The molecule has 0 atom stereocenters. The summed E-state index contributed by atoms with van der Waals surface area (Å²) in [6.07, 6.45) is 0. The molecule has 0 unspecified atom stereocenters. The van der Waals surface area contributed by atoms with Crippen LogP contribution in [0.15, 0.2) is 71.8 Å². The molecule has 2 aromatic carbocycles. The lowest BCUT2D eigenvalue weighted by Crippen LogP contribution is -1.95. The fourth-order valence-electron chi connectivity index (χ4n) is 2.37. The van der Waals surface area contributed by atoms with E-state index in [1.807, 2.05) is 61.5 Å². The van der Waals surface area contributed by atoms with Gasteiger partial charge in [-0.25, -0.2) is 4.98 Å². The minimum absolute atomic E-state index is 0.672. The van der Waals surface area contributed by atoms with Gasteiger partial charge in [0.25, 0.3) is 0 Å². The first kappa shape index (κ1) is 15.3. The number of aromatic nitrogens is 1. The van der Waals surface area contributed by atoms with Crippen LogP contribution in [0.3, 0.4) is 0 Å². The Morgan fingerprint density at radius 3 is 2.30 bits per heavy atom. The summed E-state index contributed by atoms with van der Waals surface area (Å²) in [4.78, 5) is 4.73. The number of rotatable bonds is 4. The summed E-state index contributed by atoms with van der Waals surface area (Å²) in [6, 6.07) is 24.6. The normalized spacial score (nSPS) is 10.3. The molecule has 0 aliphatic carbocycles. The van der Waals surface area contributed by atoms with E-state index >= 15 is 0 Å². The third-order valence-electron chi connectivity index (χ3n) is 3.58. The lowest BCUT2D eigenvalue weighted by molar-refractivity contribution is 1.09. The summed E-state index contributed by atoms with van der Waals surface area (Å²) in [5, 5.41) is 10.3.